The lowest BCUT2D eigenvalue weighted by Gasteiger charge is -2.12. The lowest BCUT2D eigenvalue weighted by atomic mass is 10.1. The summed E-state index contributed by atoms with van der Waals surface area (Å²) in [6.07, 6.45) is 0. The van der Waals surface area contributed by atoms with E-state index in [0.29, 0.717) is 5.16 Å². The number of hydrogen-bond donors (Lipinski definition) is 1. The fraction of sp³-hybridized carbons (Fsp3) is 0.250. The minimum Gasteiger partial charge on any atom is -0.325 e. The van der Waals surface area contributed by atoms with Gasteiger partial charge in [0.25, 0.3) is 0 Å². The first-order valence-electron chi connectivity index (χ1n) is 8.44. The molecule has 5 nitrogen and oxygen atoms in total. The van der Waals surface area contributed by atoms with Crippen LogP contribution in [0.4, 0.5) is 5.69 Å². The van der Waals surface area contributed by atoms with Gasteiger partial charge in [-0.1, -0.05) is 53.7 Å². The summed E-state index contributed by atoms with van der Waals surface area (Å²) in [5, 5.41) is 11.9. The number of nitrogens with one attached hydrogen (secondary N) is 1. The molecular formula is C20H22N4OS. The van der Waals surface area contributed by atoms with Crippen LogP contribution in [0.1, 0.15) is 18.1 Å². The summed E-state index contributed by atoms with van der Waals surface area (Å²) in [6.45, 7) is 5.92. The Bertz CT molecular complexity index is 918. The van der Waals surface area contributed by atoms with Crippen LogP contribution in [0.2, 0.25) is 0 Å². The number of thioether (sulfide) groups is 1. The van der Waals surface area contributed by atoms with Crippen molar-refractivity contribution in [2.24, 2.45) is 7.05 Å². The van der Waals surface area contributed by atoms with E-state index in [2.05, 4.69) is 34.6 Å². The molecule has 0 spiro atoms. The minimum absolute atomic E-state index is 0.0551. The van der Waals surface area contributed by atoms with E-state index in [9.17, 15) is 4.79 Å². The zero-order valence-electron chi connectivity index (χ0n) is 15.4. The summed E-state index contributed by atoms with van der Waals surface area (Å²) in [6, 6.07) is 15.9. The Morgan fingerprint density at radius 1 is 1.08 bits per heavy atom. The first kappa shape index (κ1) is 18.2. The summed E-state index contributed by atoms with van der Waals surface area (Å²) in [5.41, 5.74) is 4.13. The maximum Gasteiger partial charge on any atom is 0.237 e. The van der Waals surface area contributed by atoms with E-state index in [-0.39, 0.29) is 11.2 Å². The van der Waals surface area contributed by atoms with Gasteiger partial charge >= 0.3 is 0 Å². The van der Waals surface area contributed by atoms with Gasteiger partial charge in [-0.2, -0.15) is 0 Å². The van der Waals surface area contributed by atoms with Crippen molar-refractivity contribution in [3.05, 3.63) is 59.7 Å². The van der Waals surface area contributed by atoms with Gasteiger partial charge in [-0.25, -0.2) is 0 Å². The fourth-order valence-electron chi connectivity index (χ4n) is 2.55. The van der Waals surface area contributed by atoms with Crippen LogP contribution in [-0.2, 0) is 11.8 Å². The molecule has 0 aliphatic heterocycles. The van der Waals surface area contributed by atoms with E-state index in [4.69, 9.17) is 0 Å². The molecule has 1 atom stereocenters. The molecule has 3 aromatic rings. The van der Waals surface area contributed by atoms with Crippen LogP contribution in [-0.4, -0.2) is 25.9 Å². The number of aromatic nitrogens is 3. The van der Waals surface area contributed by atoms with E-state index in [0.717, 1.165) is 22.6 Å². The standard InChI is InChI=1S/C20H22N4OS/c1-13-8-10-16(11-9-13)18-22-23-20(24(18)4)26-15(3)19(25)21-17-7-5-6-14(2)12-17/h5-12,15H,1-4H3,(H,21,25). The van der Waals surface area contributed by atoms with E-state index >= 15 is 0 Å². The second-order valence-electron chi connectivity index (χ2n) is 6.35. The van der Waals surface area contributed by atoms with Gasteiger partial charge in [0.1, 0.15) is 0 Å². The van der Waals surface area contributed by atoms with Gasteiger partial charge < -0.3 is 9.88 Å². The SMILES string of the molecule is Cc1ccc(-c2nnc(SC(C)C(=O)Nc3cccc(C)c3)n2C)cc1. The summed E-state index contributed by atoms with van der Waals surface area (Å²) in [4.78, 5) is 12.5. The van der Waals surface area contributed by atoms with Gasteiger partial charge in [-0.05, 0) is 38.5 Å². The van der Waals surface area contributed by atoms with Crippen molar-refractivity contribution in [2.75, 3.05) is 5.32 Å². The Morgan fingerprint density at radius 3 is 2.50 bits per heavy atom. The van der Waals surface area contributed by atoms with E-state index in [1.54, 1.807) is 0 Å². The van der Waals surface area contributed by atoms with Crippen LogP contribution >= 0.6 is 11.8 Å². The van der Waals surface area contributed by atoms with E-state index in [1.807, 2.05) is 61.9 Å². The highest BCUT2D eigenvalue weighted by Crippen LogP contribution is 2.26. The molecule has 1 aromatic heterocycles. The maximum absolute atomic E-state index is 12.5. The summed E-state index contributed by atoms with van der Waals surface area (Å²) in [7, 11) is 1.92. The number of hydrogen-bond acceptors (Lipinski definition) is 4. The molecular weight excluding hydrogens is 344 g/mol. The van der Waals surface area contributed by atoms with Gasteiger partial charge in [0.05, 0.1) is 5.25 Å². The van der Waals surface area contributed by atoms with Crippen molar-refractivity contribution in [2.45, 2.75) is 31.2 Å². The molecule has 0 fully saturated rings. The highest BCUT2D eigenvalue weighted by Gasteiger charge is 2.19. The first-order chi connectivity index (χ1) is 12.4. The first-order valence-corrected chi connectivity index (χ1v) is 9.32. The number of anilines is 1. The minimum atomic E-state index is -0.288. The molecule has 1 unspecified atom stereocenters. The summed E-state index contributed by atoms with van der Waals surface area (Å²) < 4.78 is 1.92. The van der Waals surface area contributed by atoms with Crippen molar-refractivity contribution < 1.29 is 4.79 Å². The number of aryl methyl sites for hydroxylation is 2. The molecule has 1 amide bonds. The topological polar surface area (TPSA) is 59.8 Å². The Morgan fingerprint density at radius 2 is 1.81 bits per heavy atom. The van der Waals surface area contributed by atoms with Crippen LogP contribution in [0.3, 0.4) is 0 Å². The largest absolute Gasteiger partial charge is 0.325 e. The fourth-order valence-corrected chi connectivity index (χ4v) is 3.36. The third-order valence-electron chi connectivity index (χ3n) is 4.08. The molecule has 1 heterocycles. The maximum atomic E-state index is 12.5. The Balaban J connectivity index is 1.70. The molecule has 0 aliphatic rings. The van der Waals surface area contributed by atoms with Crippen molar-refractivity contribution in [3.8, 4) is 11.4 Å². The average Bonchev–Trinajstić information content (AvgIpc) is 2.96. The predicted molar refractivity (Wildman–Crippen MR) is 106 cm³/mol. The van der Waals surface area contributed by atoms with Gasteiger partial charge in [-0.15, -0.1) is 10.2 Å². The highest BCUT2D eigenvalue weighted by atomic mass is 32.2. The number of nitrogens with zero attached hydrogens (tertiary/aromatic N) is 3. The van der Waals surface area contributed by atoms with Crippen LogP contribution in [0.15, 0.2) is 53.7 Å². The molecule has 0 bridgehead atoms. The summed E-state index contributed by atoms with van der Waals surface area (Å²) in [5.74, 6) is 0.735. The molecule has 1 N–H and O–H groups in total. The second kappa shape index (κ2) is 7.74. The monoisotopic (exact) mass is 366 g/mol. The number of amides is 1. The smallest absolute Gasteiger partial charge is 0.237 e. The average molecular weight is 366 g/mol. The van der Waals surface area contributed by atoms with Crippen LogP contribution < -0.4 is 5.32 Å². The lowest BCUT2D eigenvalue weighted by molar-refractivity contribution is -0.115. The predicted octanol–water partition coefficient (Wildman–Crippen LogP) is 4.22. The van der Waals surface area contributed by atoms with Gasteiger partial charge in [0, 0.05) is 18.3 Å². The van der Waals surface area contributed by atoms with Crippen molar-refractivity contribution in [1.82, 2.24) is 14.8 Å². The third-order valence-corrected chi connectivity index (χ3v) is 5.22. The van der Waals surface area contributed by atoms with Gasteiger partial charge in [0.2, 0.25) is 5.91 Å². The third kappa shape index (κ3) is 4.14. The summed E-state index contributed by atoms with van der Waals surface area (Å²) >= 11 is 1.40. The number of carbonyl (C=O) groups is 1. The Kier molecular flexibility index (Phi) is 5.42. The van der Waals surface area contributed by atoms with Gasteiger partial charge in [0.15, 0.2) is 11.0 Å². The Hall–Kier alpha value is -2.60. The Labute approximate surface area is 157 Å². The number of benzene rings is 2. The van der Waals surface area contributed by atoms with Crippen molar-refractivity contribution in [3.63, 3.8) is 0 Å². The van der Waals surface area contributed by atoms with Crippen LogP contribution in [0.5, 0.6) is 0 Å². The molecule has 0 radical (unpaired) electrons. The van der Waals surface area contributed by atoms with Crippen molar-refractivity contribution >= 4 is 23.4 Å². The van der Waals surface area contributed by atoms with Gasteiger partial charge in [-0.3, -0.25) is 4.79 Å². The molecule has 3 rings (SSSR count). The zero-order valence-corrected chi connectivity index (χ0v) is 16.2. The quantitative estimate of drug-likeness (QED) is 0.687. The van der Waals surface area contributed by atoms with Crippen molar-refractivity contribution in [1.29, 1.82) is 0 Å². The van der Waals surface area contributed by atoms with E-state index < -0.39 is 0 Å². The molecule has 0 aliphatic carbocycles. The zero-order chi connectivity index (χ0) is 18.7. The van der Waals surface area contributed by atoms with Crippen LogP contribution in [0.25, 0.3) is 11.4 Å². The normalized spacial score (nSPS) is 12.0. The molecule has 6 heteroatoms. The highest BCUT2D eigenvalue weighted by molar-refractivity contribution is 8.00. The molecule has 2 aromatic carbocycles. The molecule has 0 saturated carbocycles. The number of carbonyl (C=O) groups excluding carboxylic acids is 1. The van der Waals surface area contributed by atoms with E-state index in [1.165, 1.54) is 17.3 Å². The van der Waals surface area contributed by atoms with Crippen LogP contribution in [0, 0.1) is 13.8 Å². The lowest BCUT2D eigenvalue weighted by Crippen LogP contribution is -2.22. The second-order valence-corrected chi connectivity index (χ2v) is 7.66. The molecule has 26 heavy (non-hydrogen) atoms. The molecule has 134 valence electrons. The molecule has 0 saturated heterocycles. The number of rotatable bonds is 5.